The lowest BCUT2D eigenvalue weighted by Gasteiger charge is -2.30. The SMILES string of the molecule is COc1ccc2[nH]cc(C[C@H]3CCCN3CC3CCS(=O)CC3)c2c1. The number of H-pyrrole nitrogens is 1. The van der Waals surface area contributed by atoms with E-state index in [4.69, 9.17) is 4.74 Å². The Hall–Kier alpha value is -1.33. The third-order valence-corrected chi connectivity index (χ3v) is 7.31. The first-order valence-corrected chi connectivity index (χ1v) is 10.9. The third-order valence-electron chi connectivity index (χ3n) is 5.93. The molecule has 0 bridgehead atoms. The van der Waals surface area contributed by atoms with Gasteiger partial charge in [0.1, 0.15) is 5.75 Å². The Bertz CT molecular complexity index is 747. The van der Waals surface area contributed by atoms with Crippen LogP contribution in [-0.2, 0) is 17.2 Å². The van der Waals surface area contributed by atoms with E-state index >= 15 is 0 Å². The lowest BCUT2D eigenvalue weighted by molar-refractivity contribution is 0.206. The zero-order chi connectivity index (χ0) is 17.2. The minimum absolute atomic E-state index is 0.552. The molecule has 0 aliphatic carbocycles. The molecule has 2 aliphatic heterocycles. The van der Waals surface area contributed by atoms with Crippen molar-refractivity contribution in [1.82, 2.24) is 9.88 Å². The van der Waals surface area contributed by atoms with Crippen LogP contribution >= 0.6 is 0 Å². The molecule has 1 aromatic carbocycles. The second-order valence-electron chi connectivity index (χ2n) is 7.51. The van der Waals surface area contributed by atoms with Crippen molar-refractivity contribution in [2.75, 3.05) is 31.7 Å². The van der Waals surface area contributed by atoms with Gasteiger partial charge in [0.2, 0.25) is 0 Å². The lowest BCUT2D eigenvalue weighted by Crippen LogP contribution is -2.37. The standard InChI is InChI=1S/C20H28N2O2S/c1-24-18-4-5-20-19(12-18)16(13-21-20)11-17-3-2-8-22(17)14-15-6-9-25(23)10-7-15/h4-5,12-13,15,17,21H,2-3,6-11,14H2,1H3/t15?,17-,25?/m1/s1. The van der Waals surface area contributed by atoms with Gasteiger partial charge in [0.05, 0.1) is 7.11 Å². The Morgan fingerprint density at radius 2 is 2.12 bits per heavy atom. The smallest absolute Gasteiger partial charge is 0.119 e. The van der Waals surface area contributed by atoms with Gasteiger partial charge in [-0.3, -0.25) is 9.11 Å². The molecule has 0 radical (unpaired) electrons. The molecule has 5 heteroatoms. The molecule has 1 atom stereocenters. The first-order valence-electron chi connectivity index (χ1n) is 9.46. The van der Waals surface area contributed by atoms with E-state index in [0.717, 1.165) is 42.4 Å². The summed E-state index contributed by atoms with van der Waals surface area (Å²) < 4.78 is 17.0. The van der Waals surface area contributed by atoms with Crippen molar-refractivity contribution >= 4 is 21.7 Å². The van der Waals surface area contributed by atoms with Crippen LogP contribution in [0.25, 0.3) is 10.9 Å². The summed E-state index contributed by atoms with van der Waals surface area (Å²) in [6.07, 6.45) is 8.14. The van der Waals surface area contributed by atoms with Gasteiger partial charge in [-0.25, -0.2) is 0 Å². The predicted octanol–water partition coefficient (Wildman–Crippen LogP) is 3.34. The van der Waals surface area contributed by atoms with Gasteiger partial charge < -0.3 is 9.72 Å². The molecule has 0 saturated carbocycles. The quantitative estimate of drug-likeness (QED) is 0.889. The summed E-state index contributed by atoms with van der Waals surface area (Å²) in [6, 6.07) is 6.90. The van der Waals surface area contributed by atoms with Crippen molar-refractivity contribution in [1.29, 1.82) is 0 Å². The molecule has 2 aliphatic rings. The molecule has 2 aromatic rings. The second kappa shape index (κ2) is 7.50. The van der Waals surface area contributed by atoms with Crippen LogP contribution in [0.2, 0.25) is 0 Å². The molecule has 2 saturated heterocycles. The maximum atomic E-state index is 11.6. The number of aromatic nitrogens is 1. The zero-order valence-corrected chi connectivity index (χ0v) is 15.8. The van der Waals surface area contributed by atoms with E-state index < -0.39 is 10.8 Å². The van der Waals surface area contributed by atoms with Gasteiger partial charge in [-0.2, -0.15) is 0 Å². The monoisotopic (exact) mass is 360 g/mol. The highest BCUT2D eigenvalue weighted by Gasteiger charge is 2.29. The van der Waals surface area contributed by atoms with E-state index in [1.165, 1.54) is 42.4 Å². The van der Waals surface area contributed by atoms with Crippen molar-refractivity contribution in [2.45, 2.75) is 38.1 Å². The van der Waals surface area contributed by atoms with Crippen molar-refractivity contribution in [3.63, 3.8) is 0 Å². The highest BCUT2D eigenvalue weighted by atomic mass is 32.2. The molecule has 1 N–H and O–H groups in total. The van der Waals surface area contributed by atoms with Crippen molar-refractivity contribution in [3.8, 4) is 5.75 Å². The summed E-state index contributed by atoms with van der Waals surface area (Å²) in [5, 5.41) is 1.29. The highest BCUT2D eigenvalue weighted by molar-refractivity contribution is 7.85. The van der Waals surface area contributed by atoms with E-state index in [2.05, 4.69) is 28.2 Å². The fourth-order valence-electron chi connectivity index (χ4n) is 4.43. The second-order valence-corrected chi connectivity index (χ2v) is 9.21. The summed E-state index contributed by atoms with van der Waals surface area (Å²) in [4.78, 5) is 6.10. The summed E-state index contributed by atoms with van der Waals surface area (Å²) in [5.74, 6) is 3.48. The van der Waals surface area contributed by atoms with Crippen LogP contribution in [0, 0.1) is 5.92 Å². The fourth-order valence-corrected chi connectivity index (χ4v) is 5.83. The number of ether oxygens (including phenoxy) is 1. The molecule has 0 spiro atoms. The van der Waals surface area contributed by atoms with Crippen LogP contribution in [0.5, 0.6) is 5.75 Å². The zero-order valence-electron chi connectivity index (χ0n) is 15.0. The number of hydrogen-bond acceptors (Lipinski definition) is 3. The van der Waals surface area contributed by atoms with Gasteiger partial charge in [-0.05, 0) is 68.3 Å². The molecular formula is C20H28N2O2S. The van der Waals surface area contributed by atoms with Crippen LogP contribution in [0.15, 0.2) is 24.4 Å². The molecule has 1 aromatic heterocycles. The maximum absolute atomic E-state index is 11.6. The fraction of sp³-hybridized carbons (Fsp3) is 0.600. The summed E-state index contributed by atoms with van der Waals surface area (Å²) in [5.41, 5.74) is 2.59. The summed E-state index contributed by atoms with van der Waals surface area (Å²) in [6.45, 7) is 2.41. The van der Waals surface area contributed by atoms with Gasteiger partial charge >= 0.3 is 0 Å². The van der Waals surface area contributed by atoms with E-state index in [0.29, 0.717) is 6.04 Å². The lowest BCUT2D eigenvalue weighted by atomic mass is 9.99. The number of rotatable bonds is 5. The molecule has 25 heavy (non-hydrogen) atoms. The first-order chi connectivity index (χ1) is 12.2. The number of hydrogen-bond donors (Lipinski definition) is 1. The molecule has 4 rings (SSSR count). The molecule has 4 nitrogen and oxygen atoms in total. The minimum atomic E-state index is -0.552. The van der Waals surface area contributed by atoms with Crippen LogP contribution < -0.4 is 4.74 Å². The van der Waals surface area contributed by atoms with Gasteiger partial charge in [-0.15, -0.1) is 0 Å². The summed E-state index contributed by atoms with van der Waals surface area (Å²) in [7, 11) is 1.17. The number of nitrogens with zero attached hydrogens (tertiary/aromatic N) is 1. The van der Waals surface area contributed by atoms with Gasteiger partial charge in [0.15, 0.2) is 0 Å². The Morgan fingerprint density at radius 3 is 2.92 bits per heavy atom. The normalized spacial score (nSPS) is 27.8. The number of nitrogens with one attached hydrogen (secondary N) is 1. The molecule has 0 unspecified atom stereocenters. The molecule has 3 heterocycles. The van der Waals surface area contributed by atoms with Gasteiger partial charge in [-0.1, -0.05) is 0 Å². The van der Waals surface area contributed by atoms with Crippen LogP contribution in [-0.4, -0.2) is 51.8 Å². The molecule has 136 valence electrons. The van der Waals surface area contributed by atoms with E-state index in [1.54, 1.807) is 7.11 Å². The Balaban J connectivity index is 1.45. The maximum Gasteiger partial charge on any atom is 0.119 e. The highest BCUT2D eigenvalue weighted by Crippen LogP contribution is 2.29. The average molecular weight is 361 g/mol. The number of aromatic amines is 1. The largest absolute Gasteiger partial charge is 0.497 e. The number of likely N-dealkylation sites (tertiary alicyclic amines) is 1. The van der Waals surface area contributed by atoms with Crippen LogP contribution in [0.1, 0.15) is 31.2 Å². The number of fused-ring (bicyclic) bond motifs is 1. The molecule has 2 fully saturated rings. The van der Waals surface area contributed by atoms with Gasteiger partial charge in [0, 0.05) is 52.0 Å². The van der Waals surface area contributed by atoms with E-state index in [-0.39, 0.29) is 0 Å². The van der Waals surface area contributed by atoms with Crippen LogP contribution in [0.4, 0.5) is 0 Å². The van der Waals surface area contributed by atoms with E-state index in [9.17, 15) is 4.21 Å². The Kier molecular flexibility index (Phi) is 5.13. The van der Waals surface area contributed by atoms with Gasteiger partial charge in [0.25, 0.3) is 0 Å². The molecule has 0 amide bonds. The molecular weight excluding hydrogens is 332 g/mol. The average Bonchev–Trinajstić information content (AvgIpc) is 3.24. The third kappa shape index (κ3) is 3.77. The first kappa shape index (κ1) is 17.1. The van der Waals surface area contributed by atoms with E-state index in [1.807, 2.05) is 6.07 Å². The minimum Gasteiger partial charge on any atom is -0.497 e. The number of benzene rings is 1. The van der Waals surface area contributed by atoms with Crippen molar-refractivity contribution in [3.05, 3.63) is 30.0 Å². The topological polar surface area (TPSA) is 45.3 Å². The Morgan fingerprint density at radius 1 is 1.28 bits per heavy atom. The Labute approximate surface area is 152 Å². The summed E-state index contributed by atoms with van der Waals surface area (Å²) >= 11 is 0. The number of methoxy groups -OCH3 is 1. The van der Waals surface area contributed by atoms with Crippen LogP contribution in [0.3, 0.4) is 0 Å². The predicted molar refractivity (Wildman–Crippen MR) is 104 cm³/mol. The van der Waals surface area contributed by atoms with Crippen molar-refractivity contribution in [2.24, 2.45) is 5.92 Å². The van der Waals surface area contributed by atoms with Crippen molar-refractivity contribution < 1.29 is 8.95 Å².